The largest absolute Gasteiger partial charge is 1.00 e. The highest BCUT2D eigenvalue weighted by molar-refractivity contribution is 6.05. The highest BCUT2D eigenvalue weighted by Crippen LogP contribution is 2.37. The average Bonchev–Trinajstić information content (AvgIpc) is 1.63. The van der Waals surface area contributed by atoms with E-state index >= 15 is 0 Å². The predicted octanol–water partition coefficient (Wildman–Crippen LogP) is 7.04. The molecular formula is C74H103N10O21+. The zero-order valence-corrected chi connectivity index (χ0v) is 62.0. The minimum atomic E-state index is -1.12. The third-order valence-corrected chi connectivity index (χ3v) is 17.3. The number of anilines is 3. The molecule has 0 aliphatic carbocycles. The lowest BCUT2D eigenvalue weighted by Gasteiger charge is -2.25. The molecule has 6 aromatic rings. The summed E-state index contributed by atoms with van der Waals surface area (Å²) in [6.07, 6.45) is -2.41. The van der Waals surface area contributed by atoms with E-state index in [2.05, 4.69) is 56.6 Å². The second-order valence-electron chi connectivity index (χ2n) is 24.4. The van der Waals surface area contributed by atoms with Gasteiger partial charge in [0.2, 0.25) is 0 Å². The maximum Gasteiger partial charge on any atom is 1.00 e. The SMILES string of the molecule is CCN(CC)CC.CC[C@H]1O[C@@H](n2cc(C)c(NC(=O)c3ccccc3)nc2=O)C(OCCOC)[C@H]1O.CC[C@H]1O[C@@H](n2cc(C)c(NC(=O)c3ccccc3)nc2=O)C(OCCOC)[C@H]1OC.CC[C@H]1O[C@@H](n2cc(C)c(NC(=O)c3ccccc3)nc2=O)C(OCCOC)[C@H]1OC(=O)CCC(=O)O.[H+]. The minimum Gasteiger partial charge on any atom is -0.481 e. The molecule has 0 spiro atoms. The van der Waals surface area contributed by atoms with Crippen LogP contribution in [-0.2, 0) is 61.7 Å². The fourth-order valence-electron chi connectivity index (χ4n) is 11.6. The molecule has 0 saturated carbocycles. The number of benzene rings is 3. The molecule has 3 saturated heterocycles. The molecule has 9 rings (SSSR count). The number of rotatable bonds is 32. The second-order valence-corrected chi connectivity index (χ2v) is 24.4. The Labute approximate surface area is 612 Å². The van der Waals surface area contributed by atoms with Gasteiger partial charge < -0.3 is 83.2 Å². The van der Waals surface area contributed by atoms with E-state index in [9.17, 15) is 43.5 Å². The molecule has 3 aromatic heterocycles. The Hall–Kier alpha value is -8.83. The normalized spacial score (nSPS) is 21.6. The lowest BCUT2D eigenvalue weighted by molar-refractivity contribution is -0.160. The van der Waals surface area contributed by atoms with Gasteiger partial charge in [-0.1, -0.05) is 96.1 Å². The number of nitrogens with zero attached hydrogens (tertiary/aromatic N) is 7. The molecule has 574 valence electrons. The van der Waals surface area contributed by atoms with Crippen molar-refractivity contribution in [1.82, 2.24) is 33.6 Å². The molecule has 3 amide bonds. The summed E-state index contributed by atoms with van der Waals surface area (Å²) >= 11 is 0. The highest BCUT2D eigenvalue weighted by atomic mass is 16.6. The number of amides is 3. The molecule has 3 aliphatic heterocycles. The van der Waals surface area contributed by atoms with Crippen LogP contribution in [0, 0.1) is 20.8 Å². The summed E-state index contributed by atoms with van der Waals surface area (Å²) in [5.41, 5.74) is 1.19. The molecule has 3 fully saturated rings. The van der Waals surface area contributed by atoms with Crippen molar-refractivity contribution in [3.8, 4) is 0 Å². The third kappa shape index (κ3) is 24.1. The summed E-state index contributed by atoms with van der Waals surface area (Å²) in [5, 5.41) is 27.4. The predicted molar refractivity (Wildman–Crippen MR) is 388 cm³/mol. The minimum absolute atomic E-state index is 0. The van der Waals surface area contributed by atoms with Crippen LogP contribution in [0.25, 0.3) is 0 Å². The summed E-state index contributed by atoms with van der Waals surface area (Å²) in [5.74, 6) is -2.45. The van der Waals surface area contributed by atoms with Gasteiger partial charge in [0.1, 0.15) is 48.0 Å². The van der Waals surface area contributed by atoms with E-state index in [1.165, 1.54) is 46.6 Å². The number of aliphatic hydroxyl groups is 1. The molecule has 3 aliphatic rings. The summed E-state index contributed by atoms with van der Waals surface area (Å²) in [4.78, 5) is 114. The molecule has 0 bridgehead atoms. The summed E-state index contributed by atoms with van der Waals surface area (Å²) in [7, 11) is 6.25. The standard InChI is InChI=1S/C25H31N3O9.C22H29N3O6.C21H27N3O6.C6H15N/c1-4-17-20(37-19(31)11-10-18(29)30)21(35-13-12-34-3)24(36-17)28-14-15(2)22(27-25(28)33)26-23(32)16-8-6-5-7-9-16;1-5-16-17(29-4)18(30-12-11-28-3)21(31-16)25-13-14(2)19(24-22(25)27)23-20(26)15-9-7-6-8-10-15;1-4-15-16(25)17(29-11-10-28-3)20(30-15)24-12-13(2)18(23-21(24)27)22-19(26)14-8-6-5-7-9-14;1-4-7(5-2)6-3/h5-9,14,17,20-21,24H,4,10-13H2,1-3H3,(H,29,30)(H,26,27,32,33);6-10,13,16-18,21H,5,11-12H2,1-4H3,(H,23,24,26,27);5-9,12,15-17,20,25H,4,10-11H2,1-3H3,(H,22,23,26,27);4-6H2,1-3H3/p+1/t17-,20+,21?,24-;16-,17+,18?,21-;15-,16+,17?,20-;/m111./s1. The molecule has 3 unspecified atom stereocenters. The number of aliphatic carboxylic acids is 1. The van der Waals surface area contributed by atoms with Crippen molar-refractivity contribution < 1.29 is 87.7 Å². The number of nitrogens with one attached hydrogen (secondary N) is 3. The number of ether oxygens (including phenoxy) is 11. The fraction of sp³-hybridized carbons (Fsp3) is 0.527. The number of carboxylic acids is 1. The molecule has 6 heterocycles. The van der Waals surface area contributed by atoms with Crippen molar-refractivity contribution in [2.45, 2.75) is 168 Å². The Bertz CT molecular complexity index is 3890. The van der Waals surface area contributed by atoms with E-state index in [1.54, 1.807) is 133 Å². The van der Waals surface area contributed by atoms with E-state index in [4.69, 9.17) is 57.2 Å². The molecule has 3 aromatic carbocycles. The van der Waals surface area contributed by atoms with Crippen molar-refractivity contribution in [2.24, 2.45) is 0 Å². The van der Waals surface area contributed by atoms with Crippen molar-refractivity contribution in [2.75, 3.05) is 104 Å². The van der Waals surface area contributed by atoms with E-state index in [0.717, 1.165) is 0 Å². The Kier molecular flexibility index (Phi) is 35.3. The van der Waals surface area contributed by atoms with Gasteiger partial charge in [-0.3, -0.25) is 37.7 Å². The van der Waals surface area contributed by atoms with Gasteiger partial charge in [0, 0.05) is 80.4 Å². The monoisotopic (exact) mass is 1470 g/mol. The molecule has 0 radical (unpaired) electrons. The van der Waals surface area contributed by atoms with Crippen LogP contribution in [0.15, 0.2) is 124 Å². The number of aromatic nitrogens is 6. The van der Waals surface area contributed by atoms with Gasteiger partial charge in [0.25, 0.3) is 17.7 Å². The van der Waals surface area contributed by atoms with Crippen LogP contribution >= 0.6 is 0 Å². The van der Waals surface area contributed by atoms with Crippen molar-refractivity contribution >= 4 is 47.1 Å². The van der Waals surface area contributed by atoms with Crippen molar-refractivity contribution in [1.29, 1.82) is 0 Å². The maximum atomic E-state index is 13.0. The Morgan fingerprint density at radius 1 is 0.467 bits per heavy atom. The zero-order chi connectivity index (χ0) is 76.7. The topological polar surface area (TPSA) is 371 Å². The number of methoxy groups -OCH3 is 4. The van der Waals surface area contributed by atoms with Gasteiger partial charge in [0.15, 0.2) is 24.8 Å². The average molecular weight is 1470 g/mol. The first-order valence-electron chi connectivity index (χ1n) is 35.1. The highest BCUT2D eigenvalue weighted by Gasteiger charge is 2.50. The van der Waals surface area contributed by atoms with Gasteiger partial charge in [-0.2, -0.15) is 15.0 Å². The smallest absolute Gasteiger partial charge is 0.481 e. The fourth-order valence-corrected chi connectivity index (χ4v) is 11.6. The zero-order valence-electron chi connectivity index (χ0n) is 63.0. The van der Waals surface area contributed by atoms with Crippen LogP contribution in [0.1, 0.15) is 142 Å². The number of hydrogen-bond acceptors (Lipinski definition) is 24. The molecule has 105 heavy (non-hydrogen) atoms. The van der Waals surface area contributed by atoms with E-state index < -0.39 is 96.3 Å². The first kappa shape index (κ1) is 85.1. The molecule has 31 nitrogen and oxygen atoms in total. The second kappa shape index (κ2) is 43.6. The summed E-state index contributed by atoms with van der Waals surface area (Å²) in [6, 6.07) is 25.9. The molecule has 31 heteroatoms. The lowest BCUT2D eigenvalue weighted by atomic mass is 10.1. The number of aryl methyl sites for hydroxylation is 3. The van der Waals surface area contributed by atoms with Crippen molar-refractivity contribution in [3.05, 3.63) is 174 Å². The number of esters is 1. The van der Waals surface area contributed by atoms with E-state index in [0.29, 0.717) is 72.5 Å². The molecule has 5 N–H and O–H groups in total. The van der Waals surface area contributed by atoms with Gasteiger partial charge in [-0.05, 0) is 96.1 Å². The Morgan fingerprint density at radius 3 is 1.10 bits per heavy atom. The van der Waals surface area contributed by atoms with Crippen LogP contribution in [-0.4, -0.2) is 216 Å². The van der Waals surface area contributed by atoms with Crippen LogP contribution in [0.3, 0.4) is 0 Å². The van der Waals surface area contributed by atoms with Gasteiger partial charge in [-0.15, -0.1) is 0 Å². The maximum absolute atomic E-state index is 13.0. The third-order valence-electron chi connectivity index (χ3n) is 17.3. The summed E-state index contributed by atoms with van der Waals surface area (Å²) in [6.45, 7) is 22.7. The van der Waals surface area contributed by atoms with Crippen LogP contribution < -0.4 is 33.0 Å². The first-order valence-corrected chi connectivity index (χ1v) is 35.1. The Morgan fingerprint density at radius 2 is 0.790 bits per heavy atom. The van der Waals surface area contributed by atoms with E-state index in [1.807, 2.05) is 32.9 Å². The van der Waals surface area contributed by atoms with E-state index in [-0.39, 0.29) is 75.6 Å². The lowest BCUT2D eigenvalue weighted by Crippen LogP contribution is -2.41. The number of carbonyl (C=O) groups is 5. The van der Waals surface area contributed by atoms with Crippen LogP contribution in [0.2, 0.25) is 0 Å². The van der Waals surface area contributed by atoms with Gasteiger partial charge >= 0.3 is 30.4 Å². The van der Waals surface area contributed by atoms with Crippen LogP contribution in [0.5, 0.6) is 0 Å². The number of aliphatic hydroxyl groups excluding tert-OH is 1. The Balaban J connectivity index is 0.000000273. The number of carbonyl (C=O) groups excluding carboxylic acids is 4. The number of hydrogen-bond donors (Lipinski definition) is 5. The van der Waals surface area contributed by atoms with Gasteiger partial charge in [0.05, 0.1) is 70.8 Å². The molecular weight excluding hydrogens is 1360 g/mol. The van der Waals surface area contributed by atoms with Gasteiger partial charge in [-0.25, -0.2) is 14.4 Å². The van der Waals surface area contributed by atoms with Crippen LogP contribution in [0.4, 0.5) is 17.5 Å². The quantitative estimate of drug-likeness (QED) is 0.0209. The summed E-state index contributed by atoms with van der Waals surface area (Å²) < 4.78 is 66.0. The molecule has 12 atom stereocenters. The number of carboxylic acid groups (broad SMARTS) is 1. The van der Waals surface area contributed by atoms with Crippen molar-refractivity contribution in [3.63, 3.8) is 0 Å². The first-order chi connectivity index (χ1) is 50.5.